The molecule has 0 aliphatic rings. The van der Waals surface area contributed by atoms with Crippen molar-refractivity contribution < 1.29 is 19.1 Å². The number of nitrogens with one attached hydrogen (secondary N) is 3. The summed E-state index contributed by atoms with van der Waals surface area (Å²) in [7, 11) is 3.19. The van der Waals surface area contributed by atoms with Crippen LogP contribution in [0.25, 0.3) is 0 Å². The van der Waals surface area contributed by atoms with Crippen molar-refractivity contribution in [1.29, 1.82) is 0 Å². The van der Waals surface area contributed by atoms with E-state index in [-0.39, 0.29) is 30.8 Å². The maximum atomic E-state index is 11.8. The Morgan fingerprint density at radius 3 is 2.30 bits per heavy atom. The Labute approximate surface area is 142 Å². The first-order valence-electron chi connectivity index (χ1n) is 7.06. The molecule has 130 valence electrons. The van der Waals surface area contributed by atoms with Crippen LogP contribution in [0.2, 0.25) is 0 Å². The molecule has 0 heterocycles. The van der Waals surface area contributed by atoms with Crippen LogP contribution in [0.5, 0.6) is 5.75 Å². The van der Waals surface area contributed by atoms with Gasteiger partial charge in [0.25, 0.3) is 5.91 Å². The molecule has 1 aromatic rings. The second kappa shape index (κ2) is 12.7. The largest absolute Gasteiger partial charge is 0.497 e. The summed E-state index contributed by atoms with van der Waals surface area (Å²) in [6, 6.07) is 6.68. The monoisotopic (exact) mass is 345 g/mol. The lowest BCUT2D eigenvalue weighted by molar-refractivity contribution is -0.120. The van der Waals surface area contributed by atoms with Crippen LogP contribution in [0.15, 0.2) is 24.3 Å². The molecule has 0 saturated carbocycles. The minimum atomic E-state index is -0.295. The third-order valence-corrected chi connectivity index (χ3v) is 2.87. The maximum absolute atomic E-state index is 11.8. The maximum Gasteiger partial charge on any atom is 0.251 e. The molecule has 0 saturated heterocycles. The highest BCUT2D eigenvalue weighted by Gasteiger charge is 2.07. The van der Waals surface area contributed by atoms with Gasteiger partial charge in [-0.25, -0.2) is 0 Å². The SMILES string of the molecule is COCCNCCNC(=O)CNC(=O)c1ccc(OC)cc1.Cl. The van der Waals surface area contributed by atoms with Gasteiger partial charge in [-0.1, -0.05) is 0 Å². The standard InChI is InChI=1S/C15H23N3O4.ClH/c1-21-10-9-16-7-8-17-14(19)11-18-15(20)12-3-5-13(22-2)6-4-12;/h3-6,16H,7-11H2,1-2H3,(H,17,19)(H,18,20);1H. The predicted molar refractivity (Wildman–Crippen MR) is 90.3 cm³/mol. The molecule has 0 atom stereocenters. The normalized spacial score (nSPS) is 9.65. The van der Waals surface area contributed by atoms with Gasteiger partial charge < -0.3 is 25.4 Å². The first-order valence-corrected chi connectivity index (χ1v) is 7.06. The lowest BCUT2D eigenvalue weighted by atomic mass is 10.2. The zero-order valence-electron chi connectivity index (χ0n) is 13.4. The fraction of sp³-hybridized carbons (Fsp3) is 0.467. The number of rotatable bonds is 10. The quantitative estimate of drug-likeness (QED) is 0.527. The van der Waals surface area contributed by atoms with E-state index in [0.29, 0.717) is 31.0 Å². The van der Waals surface area contributed by atoms with Crippen molar-refractivity contribution >= 4 is 24.2 Å². The fourth-order valence-corrected chi connectivity index (χ4v) is 1.66. The second-order valence-electron chi connectivity index (χ2n) is 4.50. The van der Waals surface area contributed by atoms with Crippen molar-refractivity contribution in [3.05, 3.63) is 29.8 Å². The molecule has 7 nitrogen and oxygen atoms in total. The Morgan fingerprint density at radius 2 is 1.70 bits per heavy atom. The topological polar surface area (TPSA) is 88.7 Å². The van der Waals surface area contributed by atoms with E-state index in [0.717, 1.165) is 6.54 Å². The van der Waals surface area contributed by atoms with E-state index in [2.05, 4.69) is 16.0 Å². The molecule has 0 aliphatic carbocycles. The van der Waals surface area contributed by atoms with Gasteiger partial charge in [-0.2, -0.15) is 0 Å². The van der Waals surface area contributed by atoms with Gasteiger partial charge >= 0.3 is 0 Å². The summed E-state index contributed by atoms with van der Waals surface area (Å²) in [5.74, 6) is 0.154. The number of ether oxygens (including phenoxy) is 2. The Morgan fingerprint density at radius 1 is 1.00 bits per heavy atom. The summed E-state index contributed by atoms with van der Waals surface area (Å²) in [5.41, 5.74) is 0.481. The summed E-state index contributed by atoms with van der Waals surface area (Å²) >= 11 is 0. The van der Waals surface area contributed by atoms with Crippen LogP contribution >= 0.6 is 12.4 Å². The lowest BCUT2D eigenvalue weighted by Gasteiger charge is -2.08. The number of carbonyl (C=O) groups excluding carboxylic acids is 2. The predicted octanol–water partition coefficient (Wildman–Crippen LogP) is 0.199. The molecule has 0 radical (unpaired) electrons. The number of amides is 2. The van der Waals surface area contributed by atoms with Crippen molar-refractivity contribution in [2.45, 2.75) is 0 Å². The molecule has 2 amide bonds. The summed E-state index contributed by atoms with van der Waals surface area (Å²) in [5, 5.41) is 8.38. The number of hydrogen-bond donors (Lipinski definition) is 3. The molecule has 0 aliphatic heterocycles. The van der Waals surface area contributed by atoms with E-state index in [1.165, 1.54) is 0 Å². The van der Waals surface area contributed by atoms with Crippen molar-refractivity contribution in [3.8, 4) is 5.75 Å². The Bertz CT molecular complexity index is 468. The van der Waals surface area contributed by atoms with Gasteiger partial charge in [-0.05, 0) is 24.3 Å². The molecule has 0 unspecified atom stereocenters. The van der Waals surface area contributed by atoms with Crippen molar-refractivity contribution in [2.75, 3.05) is 47.0 Å². The fourth-order valence-electron chi connectivity index (χ4n) is 1.66. The van der Waals surface area contributed by atoms with Gasteiger partial charge in [0.15, 0.2) is 0 Å². The first-order chi connectivity index (χ1) is 10.7. The Kier molecular flexibility index (Phi) is 11.7. The van der Waals surface area contributed by atoms with Crippen LogP contribution in [-0.2, 0) is 9.53 Å². The van der Waals surface area contributed by atoms with Gasteiger partial charge in [0.05, 0.1) is 20.3 Å². The van der Waals surface area contributed by atoms with E-state index in [1.807, 2.05) is 0 Å². The number of halogens is 1. The van der Waals surface area contributed by atoms with E-state index in [9.17, 15) is 9.59 Å². The zero-order valence-corrected chi connectivity index (χ0v) is 14.2. The number of benzene rings is 1. The minimum absolute atomic E-state index is 0. The number of hydrogen-bond acceptors (Lipinski definition) is 5. The molecule has 0 fully saturated rings. The van der Waals surface area contributed by atoms with Crippen molar-refractivity contribution in [2.24, 2.45) is 0 Å². The third kappa shape index (κ3) is 9.02. The first kappa shape index (κ1) is 21.2. The summed E-state index contributed by atoms with van der Waals surface area (Å²) in [4.78, 5) is 23.4. The van der Waals surface area contributed by atoms with Gasteiger partial charge in [-0.3, -0.25) is 9.59 Å². The van der Waals surface area contributed by atoms with Gasteiger partial charge in [0.2, 0.25) is 5.91 Å². The number of carbonyl (C=O) groups is 2. The molecular weight excluding hydrogens is 322 g/mol. The van der Waals surface area contributed by atoms with Crippen LogP contribution in [-0.4, -0.2) is 58.8 Å². The van der Waals surface area contributed by atoms with Crippen LogP contribution in [0.3, 0.4) is 0 Å². The molecule has 3 N–H and O–H groups in total. The van der Waals surface area contributed by atoms with Crippen LogP contribution in [0, 0.1) is 0 Å². The van der Waals surface area contributed by atoms with Gasteiger partial charge in [0.1, 0.15) is 5.75 Å². The molecule has 8 heteroatoms. The molecule has 0 bridgehead atoms. The van der Waals surface area contributed by atoms with E-state index < -0.39 is 0 Å². The molecule has 1 aromatic carbocycles. The van der Waals surface area contributed by atoms with E-state index in [4.69, 9.17) is 9.47 Å². The number of methoxy groups -OCH3 is 2. The summed E-state index contributed by atoms with van der Waals surface area (Å²) < 4.78 is 9.90. The highest BCUT2D eigenvalue weighted by molar-refractivity contribution is 5.96. The average Bonchev–Trinajstić information content (AvgIpc) is 2.56. The minimum Gasteiger partial charge on any atom is -0.497 e. The molecule has 23 heavy (non-hydrogen) atoms. The molecule has 0 aromatic heterocycles. The summed E-state index contributed by atoms with van der Waals surface area (Å²) in [6.45, 7) is 2.47. The Balaban J connectivity index is 0.00000484. The van der Waals surface area contributed by atoms with Crippen LogP contribution in [0.1, 0.15) is 10.4 Å². The van der Waals surface area contributed by atoms with Crippen molar-refractivity contribution in [3.63, 3.8) is 0 Å². The van der Waals surface area contributed by atoms with Crippen molar-refractivity contribution in [1.82, 2.24) is 16.0 Å². The average molecular weight is 346 g/mol. The van der Waals surface area contributed by atoms with E-state index >= 15 is 0 Å². The molecule has 1 rings (SSSR count). The van der Waals surface area contributed by atoms with Crippen LogP contribution in [0.4, 0.5) is 0 Å². The molecular formula is C15H24ClN3O4. The second-order valence-corrected chi connectivity index (χ2v) is 4.50. The lowest BCUT2D eigenvalue weighted by Crippen LogP contribution is -2.39. The summed E-state index contributed by atoms with van der Waals surface area (Å²) in [6.07, 6.45) is 0. The molecule has 0 spiro atoms. The Hall–Kier alpha value is -1.83. The smallest absolute Gasteiger partial charge is 0.251 e. The third-order valence-electron chi connectivity index (χ3n) is 2.87. The van der Waals surface area contributed by atoms with Gasteiger partial charge in [0, 0.05) is 32.3 Å². The van der Waals surface area contributed by atoms with Crippen LogP contribution < -0.4 is 20.7 Å². The van der Waals surface area contributed by atoms with E-state index in [1.54, 1.807) is 38.5 Å². The highest BCUT2D eigenvalue weighted by atomic mass is 35.5. The highest BCUT2D eigenvalue weighted by Crippen LogP contribution is 2.10. The zero-order chi connectivity index (χ0) is 16.2. The van der Waals surface area contributed by atoms with Gasteiger partial charge in [-0.15, -0.1) is 12.4 Å².